The van der Waals surface area contributed by atoms with Crippen LogP contribution in [0.5, 0.6) is 5.75 Å². The summed E-state index contributed by atoms with van der Waals surface area (Å²) in [4.78, 5) is 13.7. The third kappa shape index (κ3) is 5.77. The molecule has 0 aliphatic heterocycles. The number of hydrogen-bond acceptors (Lipinski definition) is 4. The van der Waals surface area contributed by atoms with Crippen LogP contribution < -0.4 is 5.63 Å². The Labute approximate surface area is 176 Å². The maximum atomic E-state index is 12.5. The molecule has 0 bridgehead atoms. The van der Waals surface area contributed by atoms with Crippen LogP contribution in [-0.4, -0.2) is 5.11 Å². The van der Waals surface area contributed by atoms with Crippen LogP contribution in [0.15, 0.2) is 79.7 Å². The summed E-state index contributed by atoms with van der Waals surface area (Å²) in [6.45, 7) is 6.40. The molecule has 3 aromatic rings. The Bertz CT molecular complexity index is 1000. The van der Waals surface area contributed by atoms with Gasteiger partial charge in [0.25, 0.3) is 0 Å². The van der Waals surface area contributed by atoms with Crippen molar-refractivity contribution < 1.29 is 9.52 Å². The van der Waals surface area contributed by atoms with Gasteiger partial charge in [0.05, 0.1) is 0 Å². The summed E-state index contributed by atoms with van der Waals surface area (Å²) in [6.07, 6.45) is 3.54. The van der Waals surface area contributed by atoms with Crippen molar-refractivity contribution in [3.8, 4) is 5.75 Å². The first-order chi connectivity index (χ1) is 13.8. The van der Waals surface area contributed by atoms with E-state index in [1.54, 1.807) is 6.07 Å². The van der Waals surface area contributed by atoms with Gasteiger partial charge in [0, 0.05) is 17.4 Å². The van der Waals surface area contributed by atoms with Gasteiger partial charge in [-0.3, -0.25) is 0 Å². The number of hydrogen-bond donors (Lipinski definition) is 1. The molecule has 0 spiro atoms. The van der Waals surface area contributed by atoms with Gasteiger partial charge in [-0.1, -0.05) is 81.1 Å². The van der Waals surface area contributed by atoms with Crippen LogP contribution in [0, 0.1) is 0 Å². The zero-order valence-electron chi connectivity index (χ0n) is 17.3. The Morgan fingerprint density at radius 2 is 1.59 bits per heavy atom. The summed E-state index contributed by atoms with van der Waals surface area (Å²) in [5.41, 5.74) is 1.91. The van der Waals surface area contributed by atoms with E-state index in [2.05, 4.69) is 39.0 Å². The summed E-state index contributed by atoms with van der Waals surface area (Å²) < 4.78 is 5.50. The van der Waals surface area contributed by atoms with E-state index in [1.807, 2.05) is 36.4 Å². The van der Waals surface area contributed by atoms with Crippen LogP contribution in [0.2, 0.25) is 0 Å². The highest BCUT2D eigenvalue weighted by Gasteiger charge is 2.20. The van der Waals surface area contributed by atoms with E-state index in [1.165, 1.54) is 17.3 Å². The molecule has 0 unspecified atom stereocenters. The van der Waals surface area contributed by atoms with Gasteiger partial charge in [-0.25, -0.2) is 4.79 Å². The Kier molecular flexibility index (Phi) is 6.86. The van der Waals surface area contributed by atoms with E-state index in [0.29, 0.717) is 12.2 Å². The molecule has 4 heteroatoms. The predicted octanol–water partition coefficient (Wildman–Crippen LogP) is 6.36. The van der Waals surface area contributed by atoms with E-state index >= 15 is 0 Å². The maximum absolute atomic E-state index is 12.5. The van der Waals surface area contributed by atoms with E-state index in [-0.39, 0.29) is 16.1 Å². The first-order valence-corrected chi connectivity index (χ1v) is 10.8. The molecule has 0 radical (unpaired) electrons. The summed E-state index contributed by atoms with van der Waals surface area (Å²) in [7, 11) is 0. The van der Waals surface area contributed by atoms with Crippen LogP contribution in [-0.2, 0) is 18.3 Å². The molecule has 1 heterocycles. The van der Waals surface area contributed by atoms with Crippen molar-refractivity contribution in [1.82, 2.24) is 0 Å². The summed E-state index contributed by atoms with van der Waals surface area (Å²) in [5.74, 6) is 0.530. The second-order valence-electron chi connectivity index (χ2n) is 8.26. The molecule has 3 nitrogen and oxygen atoms in total. The van der Waals surface area contributed by atoms with Crippen molar-refractivity contribution in [2.75, 3.05) is 0 Å². The largest absolute Gasteiger partial charge is 0.506 e. The summed E-state index contributed by atoms with van der Waals surface area (Å²) in [6, 6.07) is 19.9. The SMILES string of the molecule is CC(C)(C)c1ccccc1Sc1c(O)cc(CCCCc2ccccc2)oc1=O. The van der Waals surface area contributed by atoms with E-state index in [0.717, 1.165) is 29.7 Å². The summed E-state index contributed by atoms with van der Waals surface area (Å²) >= 11 is 1.27. The lowest BCUT2D eigenvalue weighted by molar-refractivity contribution is 0.398. The minimum Gasteiger partial charge on any atom is -0.506 e. The average Bonchev–Trinajstić information content (AvgIpc) is 2.68. The highest BCUT2D eigenvalue weighted by atomic mass is 32.2. The summed E-state index contributed by atoms with van der Waals surface area (Å²) in [5, 5.41) is 10.5. The quantitative estimate of drug-likeness (QED) is 0.462. The zero-order valence-corrected chi connectivity index (χ0v) is 18.1. The first kappa shape index (κ1) is 21.3. The Morgan fingerprint density at radius 1 is 0.931 bits per heavy atom. The minimum absolute atomic E-state index is 0.00646. The van der Waals surface area contributed by atoms with Gasteiger partial charge in [0.1, 0.15) is 16.4 Å². The molecule has 0 fully saturated rings. The average molecular weight is 409 g/mol. The number of aromatic hydroxyl groups is 1. The molecule has 0 atom stereocenters. The van der Waals surface area contributed by atoms with Gasteiger partial charge in [0.2, 0.25) is 0 Å². The zero-order chi connectivity index (χ0) is 20.9. The van der Waals surface area contributed by atoms with Gasteiger partial charge in [0.15, 0.2) is 0 Å². The fourth-order valence-corrected chi connectivity index (χ4v) is 4.43. The molecule has 152 valence electrons. The van der Waals surface area contributed by atoms with E-state index in [4.69, 9.17) is 4.42 Å². The maximum Gasteiger partial charge on any atom is 0.353 e. The van der Waals surface area contributed by atoms with Crippen molar-refractivity contribution in [3.05, 3.63) is 88.0 Å². The second-order valence-corrected chi connectivity index (χ2v) is 9.31. The molecule has 0 aliphatic rings. The van der Waals surface area contributed by atoms with Crippen LogP contribution in [0.25, 0.3) is 0 Å². The molecule has 1 aromatic heterocycles. The molecule has 29 heavy (non-hydrogen) atoms. The van der Waals surface area contributed by atoms with Gasteiger partial charge in [-0.2, -0.15) is 0 Å². The second kappa shape index (κ2) is 9.36. The third-order valence-electron chi connectivity index (χ3n) is 4.83. The molecule has 0 amide bonds. The lowest BCUT2D eigenvalue weighted by atomic mass is 9.87. The van der Waals surface area contributed by atoms with Gasteiger partial charge < -0.3 is 9.52 Å². The monoisotopic (exact) mass is 408 g/mol. The first-order valence-electron chi connectivity index (χ1n) is 10.0. The lowest BCUT2D eigenvalue weighted by Crippen LogP contribution is -2.13. The fourth-order valence-electron chi connectivity index (χ4n) is 3.29. The Hall–Kier alpha value is -2.46. The van der Waals surface area contributed by atoms with E-state index < -0.39 is 5.63 Å². The smallest absolute Gasteiger partial charge is 0.353 e. The molecule has 0 aliphatic carbocycles. The van der Waals surface area contributed by atoms with Crippen LogP contribution in [0.1, 0.15) is 50.5 Å². The van der Waals surface area contributed by atoms with Crippen LogP contribution in [0.4, 0.5) is 0 Å². The highest BCUT2D eigenvalue weighted by molar-refractivity contribution is 7.99. The normalized spacial score (nSPS) is 11.6. The Morgan fingerprint density at radius 3 is 2.28 bits per heavy atom. The van der Waals surface area contributed by atoms with Crippen LogP contribution >= 0.6 is 11.8 Å². The minimum atomic E-state index is -0.475. The van der Waals surface area contributed by atoms with Gasteiger partial charge in [-0.15, -0.1) is 0 Å². The van der Waals surface area contributed by atoms with Crippen LogP contribution in [0.3, 0.4) is 0 Å². The Balaban J connectivity index is 1.68. The number of aryl methyl sites for hydroxylation is 2. The topological polar surface area (TPSA) is 50.4 Å². The molecule has 1 N–H and O–H groups in total. The molecular formula is C25H28O3S. The predicted molar refractivity (Wildman–Crippen MR) is 119 cm³/mol. The fraction of sp³-hybridized carbons (Fsp3) is 0.320. The standard InChI is InChI=1S/C25H28O3S/c1-25(2,3)20-15-9-10-16-22(20)29-23-21(26)17-19(28-24(23)27)14-8-7-13-18-11-5-4-6-12-18/h4-6,9-12,15-17,26H,7-8,13-14H2,1-3H3. The van der Waals surface area contributed by atoms with Gasteiger partial charge >= 0.3 is 5.63 Å². The third-order valence-corrected chi connectivity index (χ3v) is 5.98. The number of benzene rings is 2. The van der Waals surface area contributed by atoms with Crippen molar-refractivity contribution in [2.24, 2.45) is 0 Å². The van der Waals surface area contributed by atoms with E-state index in [9.17, 15) is 9.90 Å². The molecule has 0 saturated carbocycles. The molecule has 3 rings (SSSR count). The van der Waals surface area contributed by atoms with Gasteiger partial charge in [-0.05, 0) is 41.9 Å². The van der Waals surface area contributed by atoms with Crippen molar-refractivity contribution in [2.45, 2.75) is 61.7 Å². The lowest BCUT2D eigenvalue weighted by Gasteiger charge is -2.22. The van der Waals surface area contributed by atoms with Crippen molar-refractivity contribution in [3.63, 3.8) is 0 Å². The number of rotatable bonds is 7. The highest BCUT2D eigenvalue weighted by Crippen LogP contribution is 2.38. The molecule has 0 saturated heterocycles. The number of unbranched alkanes of at least 4 members (excludes halogenated alkanes) is 1. The van der Waals surface area contributed by atoms with Crippen molar-refractivity contribution >= 4 is 11.8 Å². The van der Waals surface area contributed by atoms with Crippen molar-refractivity contribution in [1.29, 1.82) is 0 Å². The molecular weight excluding hydrogens is 380 g/mol. The molecule has 2 aromatic carbocycles.